The van der Waals surface area contributed by atoms with Crippen LogP contribution in [0.5, 0.6) is 0 Å². The van der Waals surface area contributed by atoms with Crippen molar-refractivity contribution in [1.82, 2.24) is 14.7 Å². The van der Waals surface area contributed by atoms with Crippen LogP contribution in [-0.4, -0.2) is 46.6 Å². The molecule has 2 N–H and O–H groups in total. The number of hydrogen-bond acceptors (Lipinski definition) is 4. The van der Waals surface area contributed by atoms with Crippen molar-refractivity contribution in [2.45, 2.75) is 32.1 Å². The molecule has 1 aliphatic rings. The number of aromatic nitrogens is 2. The first-order valence-corrected chi connectivity index (χ1v) is 11.0. The smallest absolute Gasteiger partial charge is 0.239 e. The molecule has 0 radical (unpaired) electrons. The molecule has 0 bridgehead atoms. The number of rotatable bonds is 9. The highest BCUT2D eigenvalue weighted by Crippen LogP contribution is 2.40. The Bertz CT molecular complexity index is 1090. The van der Waals surface area contributed by atoms with Crippen molar-refractivity contribution >= 4 is 23.3 Å². The molecule has 7 nitrogen and oxygen atoms in total. The summed E-state index contributed by atoms with van der Waals surface area (Å²) < 4.78 is 1.78. The van der Waals surface area contributed by atoms with Crippen LogP contribution in [0.1, 0.15) is 36.9 Å². The maximum atomic E-state index is 12.7. The zero-order valence-corrected chi connectivity index (χ0v) is 18.5. The third-order valence-electron chi connectivity index (χ3n) is 5.49. The SMILES string of the molecule is CCc1ccccc1NC(=O)CN(C)CC(=O)Nc1cc(C2CC2)nn1-c1ccccc1. The molecule has 166 valence electrons. The second-order valence-corrected chi connectivity index (χ2v) is 8.26. The topological polar surface area (TPSA) is 79.3 Å². The first-order valence-electron chi connectivity index (χ1n) is 11.0. The number of nitrogens with zero attached hydrogens (tertiary/aromatic N) is 3. The van der Waals surface area contributed by atoms with Crippen molar-refractivity contribution in [3.05, 3.63) is 71.9 Å². The minimum atomic E-state index is -0.186. The van der Waals surface area contributed by atoms with Gasteiger partial charge in [-0.15, -0.1) is 0 Å². The molecule has 0 spiro atoms. The summed E-state index contributed by atoms with van der Waals surface area (Å²) in [6, 6.07) is 19.5. The lowest BCUT2D eigenvalue weighted by Gasteiger charge is -2.17. The second-order valence-electron chi connectivity index (χ2n) is 8.26. The van der Waals surface area contributed by atoms with Gasteiger partial charge in [0, 0.05) is 17.7 Å². The standard InChI is InChI=1S/C25H29N5O2/c1-3-18-9-7-8-12-21(18)26-24(31)16-29(2)17-25(32)27-23-15-22(19-13-14-19)28-30(23)20-10-5-4-6-11-20/h4-12,15,19H,3,13-14,16-17H2,1-2H3,(H,26,31)(H,27,32). The van der Waals surface area contributed by atoms with Gasteiger partial charge in [0.25, 0.3) is 0 Å². The molecule has 3 aromatic rings. The van der Waals surface area contributed by atoms with Gasteiger partial charge in [-0.3, -0.25) is 14.5 Å². The minimum Gasteiger partial charge on any atom is -0.325 e. The van der Waals surface area contributed by atoms with E-state index >= 15 is 0 Å². The average molecular weight is 432 g/mol. The molecule has 1 fully saturated rings. The van der Waals surface area contributed by atoms with Crippen LogP contribution in [0.4, 0.5) is 11.5 Å². The van der Waals surface area contributed by atoms with Crippen molar-refractivity contribution in [3.63, 3.8) is 0 Å². The molecule has 1 aromatic heterocycles. The van der Waals surface area contributed by atoms with E-state index in [0.29, 0.717) is 11.7 Å². The molecule has 1 aliphatic carbocycles. The molecule has 1 heterocycles. The van der Waals surface area contributed by atoms with Crippen LogP contribution < -0.4 is 10.6 Å². The van der Waals surface area contributed by atoms with Gasteiger partial charge in [0.15, 0.2) is 0 Å². The monoisotopic (exact) mass is 431 g/mol. The van der Waals surface area contributed by atoms with E-state index in [4.69, 9.17) is 5.10 Å². The summed E-state index contributed by atoms with van der Waals surface area (Å²) in [4.78, 5) is 26.9. The van der Waals surface area contributed by atoms with Gasteiger partial charge in [0.1, 0.15) is 5.82 Å². The van der Waals surface area contributed by atoms with Gasteiger partial charge in [-0.2, -0.15) is 5.10 Å². The van der Waals surface area contributed by atoms with Crippen LogP contribution in [0, 0.1) is 0 Å². The number of carbonyl (C=O) groups excluding carboxylic acids is 2. The van der Waals surface area contributed by atoms with E-state index in [1.807, 2.05) is 60.7 Å². The van der Waals surface area contributed by atoms with Crippen molar-refractivity contribution in [3.8, 4) is 5.69 Å². The summed E-state index contributed by atoms with van der Waals surface area (Å²) >= 11 is 0. The first kappa shape index (κ1) is 21.8. The Morgan fingerprint density at radius 3 is 2.34 bits per heavy atom. The van der Waals surface area contributed by atoms with Crippen molar-refractivity contribution in [1.29, 1.82) is 0 Å². The van der Waals surface area contributed by atoms with Gasteiger partial charge in [-0.25, -0.2) is 4.68 Å². The van der Waals surface area contributed by atoms with Crippen molar-refractivity contribution in [2.75, 3.05) is 30.8 Å². The molecular weight excluding hydrogens is 402 g/mol. The number of aryl methyl sites for hydroxylation is 1. The van der Waals surface area contributed by atoms with E-state index in [1.54, 1.807) is 16.6 Å². The summed E-state index contributed by atoms with van der Waals surface area (Å²) in [6.07, 6.45) is 3.11. The van der Waals surface area contributed by atoms with Gasteiger partial charge in [-0.05, 0) is 50.1 Å². The van der Waals surface area contributed by atoms with E-state index in [2.05, 4.69) is 17.6 Å². The van der Waals surface area contributed by atoms with Crippen molar-refractivity contribution in [2.24, 2.45) is 0 Å². The molecule has 7 heteroatoms. The summed E-state index contributed by atoms with van der Waals surface area (Å²) in [6.45, 7) is 2.27. The summed E-state index contributed by atoms with van der Waals surface area (Å²) in [7, 11) is 1.76. The van der Waals surface area contributed by atoms with Crippen molar-refractivity contribution < 1.29 is 9.59 Å². The van der Waals surface area contributed by atoms with E-state index in [0.717, 1.165) is 41.9 Å². The Kier molecular flexibility index (Phi) is 6.66. The highest BCUT2D eigenvalue weighted by Gasteiger charge is 2.28. The van der Waals surface area contributed by atoms with Gasteiger partial charge < -0.3 is 10.6 Å². The Morgan fingerprint density at radius 2 is 1.66 bits per heavy atom. The van der Waals surface area contributed by atoms with E-state index in [-0.39, 0.29) is 24.9 Å². The molecule has 0 saturated heterocycles. The van der Waals surface area contributed by atoms with Gasteiger partial charge in [0.2, 0.25) is 11.8 Å². The van der Waals surface area contributed by atoms with Gasteiger partial charge >= 0.3 is 0 Å². The number of benzene rings is 2. The maximum absolute atomic E-state index is 12.7. The second kappa shape index (κ2) is 9.78. The predicted molar refractivity (Wildman–Crippen MR) is 126 cm³/mol. The lowest BCUT2D eigenvalue weighted by molar-refractivity contribution is -0.119. The highest BCUT2D eigenvalue weighted by molar-refractivity contribution is 5.95. The predicted octanol–water partition coefficient (Wildman–Crippen LogP) is 3.82. The Morgan fingerprint density at radius 1 is 1.00 bits per heavy atom. The third kappa shape index (κ3) is 5.42. The number of hydrogen-bond donors (Lipinski definition) is 2. The number of nitrogens with one attached hydrogen (secondary N) is 2. The van der Waals surface area contributed by atoms with Crippen LogP contribution >= 0.6 is 0 Å². The Labute approximate surface area is 188 Å². The number of carbonyl (C=O) groups is 2. The fourth-order valence-electron chi connectivity index (χ4n) is 3.70. The average Bonchev–Trinajstić information content (AvgIpc) is 3.55. The van der Waals surface area contributed by atoms with E-state index in [1.165, 1.54) is 0 Å². The van der Waals surface area contributed by atoms with Crippen LogP contribution in [0.3, 0.4) is 0 Å². The highest BCUT2D eigenvalue weighted by atomic mass is 16.2. The molecule has 0 atom stereocenters. The summed E-state index contributed by atoms with van der Waals surface area (Å²) in [5.74, 6) is 0.797. The molecule has 1 saturated carbocycles. The molecule has 2 amide bonds. The number of para-hydroxylation sites is 2. The lowest BCUT2D eigenvalue weighted by Crippen LogP contribution is -2.36. The lowest BCUT2D eigenvalue weighted by atomic mass is 10.1. The van der Waals surface area contributed by atoms with E-state index < -0.39 is 0 Å². The molecular formula is C25H29N5O2. The largest absolute Gasteiger partial charge is 0.325 e. The molecule has 32 heavy (non-hydrogen) atoms. The van der Waals surface area contributed by atoms with Gasteiger partial charge in [0.05, 0.1) is 24.5 Å². The quantitative estimate of drug-likeness (QED) is 0.540. The van der Waals surface area contributed by atoms with Crippen LogP contribution in [0.25, 0.3) is 5.69 Å². The molecule has 0 aliphatic heterocycles. The number of amides is 2. The molecule has 0 unspecified atom stereocenters. The van der Waals surface area contributed by atoms with Crippen LogP contribution in [-0.2, 0) is 16.0 Å². The fraction of sp³-hybridized carbons (Fsp3) is 0.320. The van der Waals surface area contributed by atoms with E-state index in [9.17, 15) is 9.59 Å². The van der Waals surface area contributed by atoms with Gasteiger partial charge in [-0.1, -0.05) is 43.3 Å². The normalized spacial score (nSPS) is 13.2. The fourth-order valence-corrected chi connectivity index (χ4v) is 3.70. The Hall–Kier alpha value is -3.45. The van der Waals surface area contributed by atoms with Crippen LogP contribution in [0.2, 0.25) is 0 Å². The third-order valence-corrected chi connectivity index (χ3v) is 5.49. The summed E-state index contributed by atoms with van der Waals surface area (Å²) in [5.41, 5.74) is 3.81. The first-order chi connectivity index (χ1) is 15.5. The van der Waals surface area contributed by atoms with Crippen LogP contribution in [0.15, 0.2) is 60.7 Å². The minimum absolute atomic E-state index is 0.0988. The molecule has 4 rings (SSSR count). The zero-order valence-electron chi connectivity index (χ0n) is 18.5. The summed E-state index contributed by atoms with van der Waals surface area (Å²) in [5, 5.41) is 10.6. The maximum Gasteiger partial charge on any atom is 0.239 e. The molecule has 2 aromatic carbocycles. The number of likely N-dealkylation sites (N-methyl/N-ethyl adjacent to an activating group) is 1. The Balaban J connectivity index is 1.37. The zero-order chi connectivity index (χ0) is 22.5. The number of anilines is 2.